The molecule has 0 radical (unpaired) electrons. The van der Waals surface area contributed by atoms with Gasteiger partial charge in [-0.2, -0.15) is 5.26 Å². The predicted molar refractivity (Wildman–Crippen MR) is 80.1 cm³/mol. The van der Waals surface area contributed by atoms with Crippen molar-refractivity contribution in [2.24, 2.45) is 0 Å². The molecule has 0 unspecified atom stereocenters. The molecule has 1 aliphatic carbocycles. The summed E-state index contributed by atoms with van der Waals surface area (Å²) in [6, 6.07) is 6.41. The van der Waals surface area contributed by atoms with Crippen LogP contribution in [-0.2, 0) is 0 Å². The lowest BCUT2D eigenvalue weighted by atomic mass is 10.2. The first-order valence-corrected chi connectivity index (χ1v) is 7.29. The lowest BCUT2D eigenvalue weighted by molar-refractivity contribution is 0.0696. The van der Waals surface area contributed by atoms with Gasteiger partial charge in [0.2, 0.25) is 0 Å². The van der Waals surface area contributed by atoms with Crippen LogP contribution in [-0.4, -0.2) is 34.6 Å². The highest BCUT2D eigenvalue weighted by Crippen LogP contribution is 2.28. The van der Waals surface area contributed by atoms with Gasteiger partial charge in [0, 0.05) is 22.7 Å². The molecule has 21 heavy (non-hydrogen) atoms. The maximum absolute atomic E-state index is 12.2. The number of amides is 2. The summed E-state index contributed by atoms with van der Waals surface area (Å²) in [5, 5.41) is 20.3. The number of halogens is 1. The SMILES string of the molecule is N#CCCN(C(=O)Nc1cc(Br)cc(C(=O)O)c1)C1CC1. The van der Waals surface area contributed by atoms with E-state index in [0.717, 1.165) is 12.8 Å². The molecular formula is C14H14BrN3O3. The van der Waals surface area contributed by atoms with E-state index in [-0.39, 0.29) is 24.1 Å². The van der Waals surface area contributed by atoms with Crippen LogP contribution in [0.4, 0.5) is 10.5 Å². The largest absolute Gasteiger partial charge is 0.478 e. The van der Waals surface area contributed by atoms with Gasteiger partial charge in [0.1, 0.15) is 0 Å². The number of urea groups is 1. The first-order chi connectivity index (χ1) is 10.0. The first kappa shape index (κ1) is 15.3. The van der Waals surface area contributed by atoms with Crippen LogP contribution < -0.4 is 5.32 Å². The number of carbonyl (C=O) groups excluding carboxylic acids is 1. The third-order valence-corrected chi connectivity index (χ3v) is 3.57. The minimum Gasteiger partial charge on any atom is -0.478 e. The van der Waals surface area contributed by atoms with Gasteiger partial charge in [0.15, 0.2) is 0 Å². The second kappa shape index (κ2) is 6.59. The van der Waals surface area contributed by atoms with Gasteiger partial charge >= 0.3 is 12.0 Å². The van der Waals surface area contributed by atoms with E-state index >= 15 is 0 Å². The molecular weight excluding hydrogens is 338 g/mol. The number of aromatic carboxylic acids is 1. The number of carboxylic acids is 1. The highest BCUT2D eigenvalue weighted by Gasteiger charge is 2.32. The predicted octanol–water partition coefficient (Wildman–Crippen LogP) is 3.06. The number of carboxylic acid groups (broad SMARTS) is 1. The number of anilines is 1. The standard InChI is InChI=1S/C14H14BrN3O3/c15-10-6-9(13(19)20)7-11(8-10)17-14(21)18(5-1-4-16)12-2-3-12/h6-8,12H,1-3,5H2,(H,17,21)(H,19,20). The maximum Gasteiger partial charge on any atom is 0.335 e. The van der Waals surface area contributed by atoms with E-state index < -0.39 is 5.97 Å². The monoisotopic (exact) mass is 351 g/mol. The summed E-state index contributed by atoms with van der Waals surface area (Å²) in [5.74, 6) is -1.06. The van der Waals surface area contributed by atoms with E-state index in [1.54, 1.807) is 11.0 Å². The number of carbonyl (C=O) groups is 2. The van der Waals surface area contributed by atoms with Gasteiger partial charge in [0.25, 0.3) is 0 Å². The minimum absolute atomic E-state index is 0.0923. The number of nitrogens with one attached hydrogen (secondary N) is 1. The third kappa shape index (κ3) is 4.20. The Morgan fingerprint density at radius 3 is 2.71 bits per heavy atom. The molecule has 7 heteroatoms. The fourth-order valence-corrected chi connectivity index (χ4v) is 2.48. The zero-order valence-corrected chi connectivity index (χ0v) is 12.8. The van der Waals surface area contributed by atoms with Gasteiger partial charge in [-0.05, 0) is 31.0 Å². The summed E-state index contributed by atoms with van der Waals surface area (Å²) in [7, 11) is 0. The molecule has 1 aromatic carbocycles. The summed E-state index contributed by atoms with van der Waals surface area (Å²) >= 11 is 3.22. The van der Waals surface area contributed by atoms with Crippen molar-refractivity contribution in [2.75, 3.05) is 11.9 Å². The van der Waals surface area contributed by atoms with Crippen LogP contribution in [0.3, 0.4) is 0 Å². The number of hydrogen-bond donors (Lipinski definition) is 2. The van der Waals surface area contributed by atoms with Crippen LogP contribution in [0.15, 0.2) is 22.7 Å². The van der Waals surface area contributed by atoms with Crippen LogP contribution in [0.5, 0.6) is 0 Å². The minimum atomic E-state index is -1.06. The average molecular weight is 352 g/mol. The molecule has 0 aliphatic heterocycles. The summed E-state index contributed by atoms with van der Waals surface area (Å²) in [5.41, 5.74) is 0.504. The van der Waals surface area contributed by atoms with Gasteiger partial charge in [0.05, 0.1) is 18.1 Å². The van der Waals surface area contributed by atoms with Crippen LogP contribution in [0.25, 0.3) is 0 Å². The van der Waals surface area contributed by atoms with Crippen molar-refractivity contribution in [3.63, 3.8) is 0 Å². The van der Waals surface area contributed by atoms with Gasteiger partial charge < -0.3 is 15.3 Å². The van der Waals surface area contributed by atoms with Gasteiger partial charge in [-0.15, -0.1) is 0 Å². The number of rotatable bonds is 5. The third-order valence-electron chi connectivity index (χ3n) is 3.11. The molecule has 1 saturated carbocycles. The Labute approximate surface area is 130 Å². The Balaban J connectivity index is 2.10. The Kier molecular flexibility index (Phi) is 4.81. The molecule has 2 rings (SSSR count). The van der Waals surface area contributed by atoms with E-state index in [2.05, 4.69) is 21.2 Å². The molecule has 1 fully saturated rings. The van der Waals surface area contributed by atoms with E-state index in [1.807, 2.05) is 6.07 Å². The van der Waals surface area contributed by atoms with Gasteiger partial charge in [-0.25, -0.2) is 9.59 Å². The summed E-state index contributed by atoms with van der Waals surface area (Å²) in [4.78, 5) is 24.9. The Morgan fingerprint density at radius 2 is 2.14 bits per heavy atom. The fourth-order valence-electron chi connectivity index (χ4n) is 1.99. The molecule has 2 N–H and O–H groups in total. The van der Waals surface area contributed by atoms with Crippen molar-refractivity contribution < 1.29 is 14.7 Å². The molecule has 1 aromatic rings. The Morgan fingerprint density at radius 1 is 1.43 bits per heavy atom. The zero-order chi connectivity index (χ0) is 15.4. The van der Waals surface area contributed by atoms with Crippen molar-refractivity contribution in [1.29, 1.82) is 5.26 Å². The molecule has 2 amide bonds. The normalized spacial score (nSPS) is 13.3. The van der Waals surface area contributed by atoms with E-state index in [9.17, 15) is 9.59 Å². The molecule has 0 aromatic heterocycles. The smallest absolute Gasteiger partial charge is 0.335 e. The molecule has 110 valence electrons. The van der Waals surface area contributed by atoms with E-state index in [1.165, 1.54) is 12.1 Å². The van der Waals surface area contributed by atoms with Crippen LogP contribution >= 0.6 is 15.9 Å². The maximum atomic E-state index is 12.2. The number of nitrogens with zero attached hydrogens (tertiary/aromatic N) is 2. The summed E-state index contributed by atoms with van der Waals surface area (Å²) < 4.78 is 0.577. The Bertz CT molecular complexity index is 608. The lowest BCUT2D eigenvalue weighted by Gasteiger charge is -2.21. The van der Waals surface area contributed by atoms with Crippen molar-refractivity contribution in [1.82, 2.24) is 4.90 Å². The van der Waals surface area contributed by atoms with Crippen LogP contribution in [0.2, 0.25) is 0 Å². The summed E-state index contributed by atoms with van der Waals surface area (Å²) in [6.45, 7) is 0.382. The molecule has 0 bridgehead atoms. The molecule has 0 saturated heterocycles. The molecule has 1 aliphatic rings. The van der Waals surface area contributed by atoms with E-state index in [4.69, 9.17) is 10.4 Å². The zero-order valence-electron chi connectivity index (χ0n) is 11.2. The van der Waals surface area contributed by atoms with Crippen molar-refractivity contribution >= 4 is 33.6 Å². The number of benzene rings is 1. The number of nitriles is 1. The second-order valence-electron chi connectivity index (χ2n) is 4.80. The lowest BCUT2D eigenvalue weighted by Crippen LogP contribution is -2.37. The highest BCUT2D eigenvalue weighted by atomic mass is 79.9. The average Bonchev–Trinajstić information content (AvgIpc) is 3.23. The molecule has 0 spiro atoms. The number of hydrogen-bond acceptors (Lipinski definition) is 3. The summed E-state index contributed by atoms with van der Waals surface area (Å²) in [6.07, 6.45) is 2.16. The second-order valence-corrected chi connectivity index (χ2v) is 5.71. The quantitative estimate of drug-likeness (QED) is 0.852. The van der Waals surface area contributed by atoms with Crippen LogP contribution in [0, 0.1) is 11.3 Å². The van der Waals surface area contributed by atoms with Crippen molar-refractivity contribution in [3.8, 4) is 6.07 Å². The molecule has 0 heterocycles. The Hall–Kier alpha value is -2.07. The fraction of sp³-hybridized carbons (Fsp3) is 0.357. The molecule has 0 atom stereocenters. The van der Waals surface area contributed by atoms with E-state index in [0.29, 0.717) is 16.7 Å². The first-order valence-electron chi connectivity index (χ1n) is 6.49. The highest BCUT2D eigenvalue weighted by molar-refractivity contribution is 9.10. The van der Waals surface area contributed by atoms with Crippen molar-refractivity contribution in [3.05, 3.63) is 28.2 Å². The van der Waals surface area contributed by atoms with Crippen molar-refractivity contribution in [2.45, 2.75) is 25.3 Å². The molecule has 6 nitrogen and oxygen atoms in total. The van der Waals surface area contributed by atoms with Gasteiger partial charge in [-0.3, -0.25) is 0 Å². The van der Waals surface area contributed by atoms with Crippen LogP contribution in [0.1, 0.15) is 29.6 Å². The topological polar surface area (TPSA) is 93.4 Å². The van der Waals surface area contributed by atoms with Gasteiger partial charge in [-0.1, -0.05) is 15.9 Å².